The van der Waals surface area contributed by atoms with Crippen LogP contribution in [0.1, 0.15) is 55.9 Å². The van der Waals surface area contributed by atoms with Crippen molar-refractivity contribution >= 4 is 0 Å². The van der Waals surface area contributed by atoms with Crippen LogP contribution in [0.15, 0.2) is 0 Å². The molecule has 3 aliphatic carbocycles. The van der Waals surface area contributed by atoms with Crippen molar-refractivity contribution in [3.63, 3.8) is 0 Å². The molecular weight excluding hydrogens is 246 g/mol. The molecule has 2 heterocycles. The van der Waals surface area contributed by atoms with Crippen molar-refractivity contribution in [2.75, 3.05) is 6.54 Å². The molecule has 1 aromatic heterocycles. The average molecular weight is 271 g/mol. The van der Waals surface area contributed by atoms with E-state index in [1.165, 1.54) is 37.2 Å². The molecule has 3 nitrogen and oxygen atoms in total. The number of hydrogen-bond donors (Lipinski definition) is 1. The predicted octanol–water partition coefficient (Wildman–Crippen LogP) is 2.70. The molecule has 1 aliphatic heterocycles. The van der Waals surface area contributed by atoms with Gasteiger partial charge in [0.25, 0.3) is 0 Å². The molecule has 0 amide bonds. The maximum absolute atomic E-state index is 5.00. The van der Waals surface area contributed by atoms with Gasteiger partial charge in [-0.25, -0.2) is 4.98 Å². The molecular formula is C17H25N3. The van der Waals surface area contributed by atoms with Crippen LogP contribution in [-0.4, -0.2) is 16.1 Å². The Bertz CT molecular complexity index is 531. The second-order valence-corrected chi connectivity index (χ2v) is 7.45. The topological polar surface area (TPSA) is 29.9 Å². The van der Waals surface area contributed by atoms with Gasteiger partial charge in [-0.1, -0.05) is 6.92 Å². The standard InChI is InChI=1S/C17H25N3/c1-2-3-14-19-12-9-18-7-6-13(12)20(14)17-15-10-4-5-11(8-10)16(15)17/h10-11,15-18H,2-9H2,1H3. The van der Waals surface area contributed by atoms with Crippen molar-refractivity contribution in [3.05, 3.63) is 17.2 Å². The lowest BCUT2D eigenvalue weighted by Crippen LogP contribution is -2.25. The summed E-state index contributed by atoms with van der Waals surface area (Å²) in [7, 11) is 0. The fourth-order valence-corrected chi connectivity index (χ4v) is 5.76. The first kappa shape index (κ1) is 11.8. The van der Waals surface area contributed by atoms with E-state index in [9.17, 15) is 0 Å². The van der Waals surface area contributed by atoms with Crippen molar-refractivity contribution in [3.8, 4) is 0 Å². The highest BCUT2D eigenvalue weighted by Crippen LogP contribution is 2.71. The number of hydrogen-bond acceptors (Lipinski definition) is 2. The minimum atomic E-state index is 0.845. The van der Waals surface area contributed by atoms with E-state index in [0.29, 0.717) is 0 Å². The van der Waals surface area contributed by atoms with Gasteiger partial charge in [0, 0.05) is 37.7 Å². The summed E-state index contributed by atoms with van der Waals surface area (Å²) in [6.07, 6.45) is 8.16. The fourth-order valence-electron chi connectivity index (χ4n) is 5.76. The van der Waals surface area contributed by atoms with Crippen LogP contribution in [0.25, 0.3) is 0 Å². The smallest absolute Gasteiger partial charge is 0.109 e. The van der Waals surface area contributed by atoms with E-state index < -0.39 is 0 Å². The lowest BCUT2D eigenvalue weighted by molar-refractivity contribution is 0.434. The van der Waals surface area contributed by atoms with E-state index in [1.807, 2.05) is 0 Å². The van der Waals surface area contributed by atoms with Crippen molar-refractivity contribution in [1.82, 2.24) is 14.9 Å². The van der Waals surface area contributed by atoms with E-state index in [-0.39, 0.29) is 0 Å². The number of nitrogens with zero attached hydrogens (tertiary/aromatic N) is 2. The van der Waals surface area contributed by atoms with E-state index in [4.69, 9.17) is 4.98 Å². The van der Waals surface area contributed by atoms with E-state index in [2.05, 4.69) is 16.8 Å². The van der Waals surface area contributed by atoms with Crippen molar-refractivity contribution in [2.24, 2.45) is 23.7 Å². The second-order valence-electron chi connectivity index (χ2n) is 7.45. The molecule has 20 heavy (non-hydrogen) atoms. The molecule has 0 radical (unpaired) electrons. The van der Waals surface area contributed by atoms with Gasteiger partial charge in [0.2, 0.25) is 0 Å². The van der Waals surface area contributed by atoms with Crippen LogP contribution in [0.5, 0.6) is 0 Å². The highest BCUT2D eigenvalue weighted by Gasteiger charge is 2.66. The Kier molecular flexibility index (Phi) is 2.41. The molecule has 0 saturated heterocycles. The summed E-state index contributed by atoms with van der Waals surface area (Å²) in [6.45, 7) is 4.42. The Morgan fingerprint density at radius 3 is 2.80 bits per heavy atom. The number of nitrogens with one attached hydrogen (secondary N) is 1. The van der Waals surface area contributed by atoms with E-state index >= 15 is 0 Å². The van der Waals surface area contributed by atoms with Crippen LogP contribution in [0.2, 0.25) is 0 Å². The molecule has 2 bridgehead atoms. The number of rotatable bonds is 3. The molecule has 3 saturated carbocycles. The third kappa shape index (κ3) is 1.42. The molecule has 0 aromatic carbocycles. The zero-order valence-corrected chi connectivity index (χ0v) is 12.4. The Labute approximate surface area is 121 Å². The van der Waals surface area contributed by atoms with Crippen LogP contribution in [0.3, 0.4) is 0 Å². The zero-order chi connectivity index (χ0) is 13.3. The van der Waals surface area contributed by atoms with Crippen LogP contribution in [-0.2, 0) is 19.4 Å². The predicted molar refractivity (Wildman–Crippen MR) is 78.5 cm³/mol. The van der Waals surface area contributed by atoms with Crippen molar-refractivity contribution in [2.45, 2.75) is 58.0 Å². The van der Waals surface area contributed by atoms with E-state index in [0.717, 1.165) is 49.2 Å². The SMILES string of the molecule is CCCc1nc2c(n1C1C3C4CCC(C4)C31)CCNC2. The van der Waals surface area contributed by atoms with Gasteiger partial charge in [-0.05, 0) is 49.4 Å². The Morgan fingerprint density at radius 2 is 2.05 bits per heavy atom. The van der Waals surface area contributed by atoms with Gasteiger partial charge in [0.15, 0.2) is 0 Å². The summed E-state index contributed by atoms with van der Waals surface area (Å²) in [5.74, 6) is 5.57. The minimum absolute atomic E-state index is 0.845. The molecule has 5 rings (SSSR count). The molecule has 3 fully saturated rings. The Hall–Kier alpha value is -0.830. The first-order valence-corrected chi connectivity index (χ1v) is 8.68. The lowest BCUT2D eigenvalue weighted by atomic mass is 10.0. The second kappa shape index (κ2) is 4.09. The van der Waals surface area contributed by atoms with Crippen LogP contribution in [0, 0.1) is 23.7 Å². The zero-order valence-electron chi connectivity index (χ0n) is 12.4. The maximum Gasteiger partial charge on any atom is 0.109 e. The number of aryl methyl sites for hydroxylation is 1. The minimum Gasteiger partial charge on any atom is -0.328 e. The first-order chi connectivity index (χ1) is 9.88. The fraction of sp³-hybridized carbons (Fsp3) is 0.824. The third-order valence-electron chi connectivity index (χ3n) is 6.46. The highest BCUT2D eigenvalue weighted by molar-refractivity contribution is 5.27. The van der Waals surface area contributed by atoms with Gasteiger partial charge >= 0.3 is 0 Å². The molecule has 0 spiro atoms. The van der Waals surface area contributed by atoms with Crippen LogP contribution >= 0.6 is 0 Å². The molecule has 1 N–H and O–H groups in total. The molecule has 4 aliphatic rings. The van der Waals surface area contributed by atoms with Gasteiger partial charge in [0.1, 0.15) is 5.82 Å². The highest BCUT2D eigenvalue weighted by atomic mass is 15.2. The van der Waals surface area contributed by atoms with Gasteiger partial charge in [-0.15, -0.1) is 0 Å². The number of aromatic nitrogens is 2. The van der Waals surface area contributed by atoms with Crippen LogP contribution in [0.4, 0.5) is 0 Å². The van der Waals surface area contributed by atoms with Gasteiger partial charge < -0.3 is 9.88 Å². The number of fused-ring (bicyclic) bond motifs is 6. The monoisotopic (exact) mass is 271 g/mol. The third-order valence-corrected chi connectivity index (χ3v) is 6.46. The summed E-state index contributed by atoms with van der Waals surface area (Å²) < 4.78 is 2.74. The summed E-state index contributed by atoms with van der Waals surface area (Å²) in [5.41, 5.74) is 2.95. The van der Waals surface area contributed by atoms with E-state index in [1.54, 1.807) is 12.1 Å². The van der Waals surface area contributed by atoms with Crippen LogP contribution < -0.4 is 5.32 Å². The molecule has 108 valence electrons. The first-order valence-electron chi connectivity index (χ1n) is 8.68. The molecule has 4 atom stereocenters. The summed E-state index contributed by atoms with van der Waals surface area (Å²) >= 11 is 0. The largest absolute Gasteiger partial charge is 0.328 e. The average Bonchev–Trinajstić information content (AvgIpc) is 2.81. The van der Waals surface area contributed by atoms with Gasteiger partial charge in [0.05, 0.1) is 5.69 Å². The quantitative estimate of drug-likeness (QED) is 0.916. The molecule has 4 unspecified atom stereocenters. The summed E-state index contributed by atoms with van der Waals surface area (Å²) in [6, 6.07) is 0.845. The Balaban J connectivity index is 1.55. The molecule has 3 heteroatoms. The molecule has 1 aromatic rings. The van der Waals surface area contributed by atoms with Gasteiger partial charge in [-0.3, -0.25) is 0 Å². The lowest BCUT2D eigenvalue weighted by Gasteiger charge is -2.19. The van der Waals surface area contributed by atoms with Crippen molar-refractivity contribution < 1.29 is 0 Å². The van der Waals surface area contributed by atoms with Crippen molar-refractivity contribution in [1.29, 1.82) is 0 Å². The summed E-state index contributed by atoms with van der Waals surface area (Å²) in [5, 5.41) is 3.49. The van der Waals surface area contributed by atoms with Gasteiger partial charge in [-0.2, -0.15) is 0 Å². The number of imidazole rings is 1. The summed E-state index contributed by atoms with van der Waals surface area (Å²) in [4.78, 5) is 5.00. The normalized spacial score (nSPS) is 40.8. The Morgan fingerprint density at radius 1 is 1.25 bits per heavy atom. The maximum atomic E-state index is 5.00.